The zero-order chi connectivity index (χ0) is 13.0. The van der Waals surface area contributed by atoms with Gasteiger partial charge in [0.2, 0.25) is 11.8 Å². The van der Waals surface area contributed by atoms with Crippen molar-refractivity contribution in [1.29, 1.82) is 0 Å². The number of hydrogen-bond donors (Lipinski definition) is 2. The maximum Gasteiger partial charge on any atom is 0.305 e. The van der Waals surface area contributed by atoms with Gasteiger partial charge in [-0.3, -0.25) is 14.4 Å². The van der Waals surface area contributed by atoms with E-state index >= 15 is 0 Å². The van der Waals surface area contributed by atoms with E-state index in [4.69, 9.17) is 5.11 Å². The van der Waals surface area contributed by atoms with Crippen LogP contribution < -0.4 is 5.32 Å². The molecule has 6 heteroatoms. The summed E-state index contributed by atoms with van der Waals surface area (Å²) in [5.74, 6) is -1.53. The van der Waals surface area contributed by atoms with Crippen LogP contribution in [0.25, 0.3) is 0 Å². The van der Waals surface area contributed by atoms with Crippen molar-refractivity contribution in [3.8, 4) is 0 Å². The van der Waals surface area contributed by atoms with E-state index in [1.165, 1.54) is 4.90 Å². The molecule has 96 valence electrons. The number of carboxylic acids is 1. The molecule has 0 aliphatic carbocycles. The zero-order valence-corrected chi connectivity index (χ0v) is 10.1. The molecule has 1 heterocycles. The number of carbonyl (C=O) groups excluding carboxylic acids is 2. The van der Waals surface area contributed by atoms with Crippen LogP contribution in [0, 0.1) is 5.92 Å². The summed E-state index contributed by atoms with van der Waals surface area (Å²) in [5.41, 5.74) is 0. The summed E-state index contributed by atoms with van der Waals surface area (Å²) in [6.45, 7) is 4.33. The Labute approximate surface area is 100.0 Å². The molecular formula is C11H18N2O4. The van der Waals surface area contributed by atoms with E-state index in [-0.39, 0.29) is 36.6 Å². The number of nitrogens with one attached hydrogen (secondary N) is 1. The first kappa shape index (κ1) is 13.5. The van der Waals surface area contributed by atoms with Gasteiger partial charge in [-0.1, -0.05) is 0 Å². The van der Waals surface area contributed by atoms with Crippen molar-refractivity contribution in [3.05, 3.63) is 0 Å². The van der Waals surface area contributed by atoms with E-state index in [2.05, 4.69) is 5.32 Å². The normalized spacial score (nSPS) is 20.8. The molecule has 1 aliphatic heterocycles. The topological polar surface area (TPSA) is 86.7 Å². The highest BCUT2D eigenvalue weighted by atomic mass is 16.4. The lowest BCUT2D eigenvalue weighted by Gasteiger charge is -2.29. The van der Waals surface area contributed by atoms with Crippen LogP contribution in [-0.2, 0) is 14.4 Å². The molecule has 2 unspecified atom stereocenters. The van der Waals surface area contributed by atoms with Gasteiger partial charge in [0, 0.05) is 25.6 Å². The summed E-state index contributed by atoms with van der Waals surface area (Å²) in [7, 11) is 0. The Kier molecular flexibility index (Phi) is 4.48. The molecule has 1 fully saturated rings. The third kappa shape index (κ3) is 3.44. The number of carbonyl (C=O) groups is 3. The minimum atomic E-state index is -0.927. The van der Waals surface area contributed by atoms with E-state index in [1.54, 1.807) is 13.8 Å². The molecular weight excluding hydrogens is 224 g/mol. The lowest BCUT2D eigenvalue weighted by Crippen LogP contribution is -2.43. The number of hydrogen-bond acceptors (Lipinski definition) is 3. The predicted molar refractivity (Wildman–Crippen MR) is 60.2 cm³/mol. The van der Waals surface area contributed by atoms with Crippen molar-refractivity contribution in [2.24, 2.45) is 5.92 Å². The highest BCUT2D eigenvalue weighted by molar-refractivity contribution is 5.89. The molecule has 0 spiro atoms. The van der Waals surface area contributed by atoms with Gasteiger partial charge in [0.15, 0.2) is 0 Å². The first-order valence-electron chi connectivity index (χ1n) is 5.74. The van der Waals surface area contributed by atoms with Crippen molar-refractivity contribution >= 4 is 17.8 Å². The van der Waals surface area contributed by atoms with Crippen LogP contribution in [-0.4, -0.2) is 46.9 Å². The molecule has 1 rings (SSSR count). The third-order valence-corrected chi connectivity index (χ3v) is 2.95. The van der Waals surface area contributed by atoms with E-state index in [9.17, 15) is 14.4 Å². The van der Waals surface area contributed by atoms with E-state index in [1.807, 2.05) is 0 Å². The minimum absolute atomic E-state index is 0.0757. The average Bonchev–Trinajstić information content (AvgIpc) is 2.64. The summed E-state index contributed by atoms with van der Waals surface area (Å²) >= 11 is 0. The monoisotopic (exact) mass is 242 g/mol. The van der Waals surface area contributed by atoms with Crippen LogP contribution in [0.5, 0.6) is 0 Å². The lowest BCUT2D eigenvalue weighted by molar-refractivity contribution is -0.142. The Morgan fingerprint density at radius 3 is 2.65 bits per heavy atom. The first-order chi connectivity index (χ1) is 7.95. The van der Waals surface area contributed by atoms with Gasteiger partial charge < -0.3 is 15.3 Å². The van der Waals surface area contributed by atoms with Gasteiger partial charge in [0.1, 0.15) is 0 Å². The molecule has 2 amide bonds. The van der Waals surface area contributed by atoms with Gasteiger partial charge in [-0.2, -0.15) is 0 Å². The predicted octanol–water partition coefficient (Wildman–Crippen LogP) is -0.166. The molecule has 0 radical (unpaired) electrons. The smallest absolute Gasteiger partial charge is 0.305 e. The van der Waals surface area contributed by atoms with Crippen LogP contribution in [0.1, 0.15) is 26.7 Å². The van der Waals surface area contributed by atoms with E-state index in [0.29, 0.717) is 13.1 Å². The number of rotatable bonds is 5. The van der Waals surface area contributed by atoms with Gasteiger partial charge in [-0.25, -0.2) is 0 Å². The number of nitrogens with zero attached hydrogens (tertiary/aromatic N) is 1. The van der Waals surface area contributed by atoms with E-state index in [0.717, 1.165) is 0 Å². The molecule has 1 aliphatic rings. The summed E-state index contributed by atoms with van der Waals surface area (Å²) in [6.07, 6.45) is 0.128. The molecule has 2 atom stereocenters. The summed E-state index contributed by atoms with van der Waals surface area (Å²) in [5, 5.41) is 11.3. The van der Waals surface area contributed by atoms with Crippen LogP contribution in [0.3, 0.4) is 0 Å². The van der Waals surface area contributed by atoms with Crippen molar-refractivity contribution in [2.45, 2.75) is 32.7 Å². The third-order valence-electron chi connectivity index (χ3n) is 2.95. The SMILES string of the molecule is CCN(C(=O)C1CNC(=O)C1)C(C)CC(=O)O. The standard InChI is InChI=1S/C11H18N2O4/c1-3-13(7(2)4-10(15)16)11(17)8-5-9(14)12-6-8/h7-8H,3-6H2,1-2H3,(H,12,14)(H,15,16). The largest absolute Gasteiger partial charge is 0.481 e. The Balaban J connectivity index is 2.63. The van der Waals surface area contributed by atoms with Gasteiger partial charge in [0.05, 0.1) is 12.3 Å². The van der Waals surface area contributed by atoms with Gasteiger partial charge in [-0.15, -0.1) is 0 Å². The second-order valence-electron chi connectivity index (χ2n) is 4.28. The van der Waals surface area contributed by atoms with Crippen LogP contribution in [0.4, 0.5) is 0 Å². The highest BCUT2D eigenvalue weighted by Gasteiger charge is 2.32. The quantitative estimate of drug-likeness (QED) is 0.701. The second-order valence-corrected chi connectivity index (χ2v) is 4.28. The molecule has 0 aromatic carbocycles. The molecule has 0 saturated carbocycles. The molecule has 1 saturated heterocycles. The van der Waals surface area contributed by atoms with Gasteiger partial charge >= 0.3 is 5.97 Å². The van der Waals surface area contributed by atoms with Crippen molar-refractivity contribution in [2.75, 3.05) is 13.1 Å². The fourth-order valence-corrected chi connectivity index (χ4v) is 2.06. The maximum atomic E-state index is 12.1. The van der Waals surface area contributed by atoms with Crippen LogP contribution in [0.15, 0.2) is 0 Å². The second kappa shape index (κ2) is 5.65. The fraction of sp³-hybridized carbons (Fsp3) is 0.727. The van der Waals surface area contributed by atoms with E-state index < -0.39 is 5.97 Å². The molecule has 6 nitrogen and oxygen atoms in total. The van der Waals surface area contributed by atoms with Crippen molar-refractivity contribution in [3.63, 3.8) is 0 Å². The van der Waals surface area contributed by atoms with Crippen LogP contribution in [0.2, 0.25) is 0 Å². The lowest BCUT2D eigenvalue weighted by atomic mass is 10.1. The maximum absolute atomic E-state index is 12.1. The summed E-state index contributed by atoms with van der Waals surface area (Å²) in [6, 6.07) is -0.347. The van der Waals surface area contributed by atoms with Crippen LogP contribution >= 0.6 is 0 Å². The van der Waals surface area contributed by atoms with Crippen molar-refractivity contribution in [1.82, 2.24) is 10.2 Å². The summed E-state index contributed by atoms with van der Waals surface area (Å²) < 4.78 is 0. The Bertz CT molecular complexity index is 329. The number of amides is 2. The minimum Gasteiger partial charge on any atom is -0.481 e. The molecule has 17 heavy (non-hydrogen) atoms. The highest BCUT2D eigenvalue weighted by Crippen LogP contribution is 2.15. The molecule has 2 N–H and O–H groups in total. The molecule has 0 aromatic rings. The first-order valence-corrected chi connectivity index (χ1v) is 5.74. The van der Waals surface area contributed by atoms with Gasteiger partial charge in [0.25, 0.3) is 0 Å². The van der Waals surface area contributed by atoms with Crippen molar-refractivity contribution < 1.29 is 19.5 Å². The summed E-state index contributed by atoms with van der Waals surface area (Å²) in [4.78, 5) is 35.3. The van der Waals surface area contributed by atoms with Gasteiger partial charge in [-0.05, 0) is 13.8 Å². The molecule has 0 aromatic heterocycles. The Morgan fingerprint density at radius 1 is 1.59 bits per heavy atom. The molecule has 0 bridgehead atoms. The number of carboxylic acid groups (broad SMARTS) is 1. The zero-order valence-electron chi connectivity index (χ0n) is 10.1. The Hall–Kier alpha value is -1.59. The average molecular weight is 242 g/mol. The number of aliphatic carboxylic acids is 1. The fourth-order valence-electron chi connectivity index (χ4n) is 2.06. The Morgan fingerprint density at radius 2 is 2.24 bits per heavy atom.